The van der Waals surface area contributed by atoms with Gasteiger partial charge in [0.05, 0.1) is 5.69 Å². The van der Waals surface area contributed by atoms with E-state index in [0.29, 0.717) is 6.54 Å². The molecule has 0 aliphatic carbocycles. The normalized spacial score (nSPS) is 17.4. The van der Waals surface area contributed by atoms with Gasteiger partial charge < -0.3 is 10.6 Å². The van der Waals surface area contributed by atoms with E-state index < -0.39 is 0 Å². The van der Waals surface area contributed by atoms with Gasteiger partial charge in [0.15, 0.2) is 0 Å². The molecule has 1 aliphatic heterocycles. The summed E-state index contributed by atoms with van der Waals surface area (Å²) >= 11 is 0. The molecule has 1 aromatic rings. The Bertz CT molecular complexity index is 370. The van der Waals surface area contributed by atoms with Gasteiger partial charge in [0.1, 0.15) is 0 Å². The molecule has 1 fully saturated rings. The molecule has 0 amide bonds. The SMILES string of the molecule is CC(C)CN1CCN(c2ccnc(CN)c2)CC1. The Labute approximate surface area is 110 Å². The highest BCUT2D eigenvalue weighted by Crippen LogP contribution is 2.17. The highest BCUT2D eigenvalue weighted by molar-refractivity contribution is 5.47. The quantitative estimate of drug-likeness (QED) is 0.873. The fraction of sp³-hybridized carbons (Fsp3) is 0.643. The maximum atomic E-state index is 5.64. The van der Waals surface area contributed by atoms with Crippen LogP contribution in [0.4, 0.5) is 5.69 Å². The lowest BCUT2D eigenvalue weighted by Gasteiger charge is -2.36. The predicted molar refractivity (Wildman–Crippen MR) is 75.6 cm³/mol. The molecule has 0 unspecified atom stereocenters. The Kier molecular flexibility index (Phi) is 4.55. The molecule has 18 heavy (non-hydrogen) atoms. The summed E-state index contributed by atoms with van der Waals surface area (Å²) in [6, 6.07) is 4.19. The lowest BCUT2D eigenvalue weighted by Crippen LogP contribution is -2.47. The molecule has 0 spiro atoms. The van der Waals surface area contributed by atoms with Gasteiger partial charge in [-0.15, -0.1) is 0 Å². The average molecular weight is 248 g/mol. The number of pyridine rings is 1. The Hall–Kier alpha value is -1.13. The van der Waals surface area contributed by atoms with Crippen molar-refractivity contribution >= 4 is 5.69 Å². The second-order valence-corrected chi connectivity index (χ2v) is 5.39. The Morgan fingerprint density at radius 2 is 2.00 bits per heavy atom. The van der Waals surface area contributed by atoms with Crippen LogP contribution in [0.1, 0.15) is 19.5 Å². The Balaban J connectivity index is 1.92. The zero-order valence-electron chi connectivity index (χ0n) is 11.5. The molecule has 0 bridgehead atoms. The molecule has 2 heterocycles. The number of nitrogens with zero attached hydrogens (tertiary/aromatic N) is 3. The molecule has 4 heteroatoms. The Morgan fingerprint density at radius 1 is 1.28 bits per heavy atom. The van der Waals surface area contributed by atoms with E-state index in [0.717, 1.165) is 37.8 Å². The molecule has 1 aliphatic rings. The molecule has 4 nitrogen and oxygen atoms in total. The summed E-state index contributed by atoms with van der Waals surface area (Å²) in [5, 5.41) is 0. The largest absolute Gasteiger partial charge is 0.369 e. The second kappa shape index (κ2) is 6.16. The zero-order chi connectivity index (χ0) is 13.0. The van der Waals surface area contributed by atoms with E-state index >= 15 is 0 Å². The molecule has 100 valence electrons. The summed E-state index contributed by atoms with van der Waals surface area (Å²) in [7, 11) is 0. The summed E-state index contributed by atoms with van der Waals surface area (Å²) in [5.74, 6) is 0.751. The molecule has 0 aromatic carbocycles. The highest BCUT2D eigenvalue weighted by Gasteiger charge is 2.17. The van der Waals surface area contributed by atoms with Crippen molar-refractivity contribution in [3.8, 4) is 0 Å². The lowest BCUT2D eigenvalue weighted by molar-refractivity contribution is 0.231. The van der Waals surface area contributed by atoms with E-state index in [-0.39, 0.29) is 0 Å². The number of anilines is 1. The lowest BCUT2D eigenvalue weighted by atomic mass is 10.2. The van der Waals surface area contributed by atoms with Crippen LogP contribution in [0.15, 0.2) is 18.3 Å². The van der Waals surface area contributed by atoms with Crippen LogP contribution in [0.25, 0.3) is 0 Å². The monoisotopic (exact) mass is 248 g/mol. The van der Waals surface area contributed by atoms with Crippen LogP contribution in [-0.2, 0) is 6.54 Å². The summed E-state index contributed by atoms with van der Waals surface area (Å²) < 4.78 is 0. The molecule has 2 rings (SSSR count). The van der Waals surface area contributed by atoms with Crippen LogP contribution in [0, 0.1) is 5.92 Å². The van der Waals surface area contributed by atoms with Crippen LogP contribution < -0.4 is 10.6 Å². The predicted octanol–water partition coefficient (Wildman–Crippen LogP) is 1.32. The summed E-state index contributed by atoms with van der Waals surface area (Å²) in [6.07, 6.45) is 1.86. The molecular formula is C14H24N4. The van der Waals surface area contributed by atoms with Crippen molar-refractivity contribution in [2.75, 3.05) is 37.6 Å². The molecule has 0 saturated carbocycles. The van der Waals surface area contributed by atoms with Crippen LogP contribution in [0.5, 0.6) is 0 Å². The van der Waals surface area contributed by atoms with E-state index in [1.165, 1.54) is 12.2 Å². The zero-order valence-corrected chi connectivity index (χ0v) is 11.5. The number of hydrogen-bond donors (Lipinski definition) is 1. The summed E-state index contributed by atoms with van der Waals surface area (Å²) in [4.78, 5) is 9.22. The van der Waals surface area contributed by atoms with Crippen molar-refractivity contribution in [3.05, 3.63) is 24.0 Å². The molecule has 1 saturated heterocycles. The van der Waals surface area contributed by atoms with E-state index in [1.54, 1.807) is 0 Å². The number of rotatable bonds is 4. The standard InChI is InChI=1S/C14H24N4/c1-12(2)11-17-5-7-18(8-6-17)14-3-4-16-13(9-14)10-15/h3-4,9,12H,5-8,10-11,15H2,1-2H3. The van der Waals surface area contributed by atoms with Gasteiger partial charge in [0.25, 0.3) is 0 Å². The van der Waals surface area contributed by atoms with Crippen LogP contribution in [0.3, 0.4) is 0 Å². The van der Waals surface area contributed by atoms with Crippen LogP contribution >= 0.6 is 0 Å². The van der Waals surface area contributed by atoms with Crippen molar-refractivity contribution in [1.29, 1.82) is 0 Å². The number of aromatic nitrogens is 1. The van der Waals surface area contributed by atoms with E-state index in [4.69, 9.17) is 5.73 Å². The number of hydrogen-bond acceptors (Lipinski definition) is 4. The van der Waals surface area contributed by atoms with Gasteiger partial charge in [-0.25, -0.2) is 0 Å². The smallest absolute Gasteiger partial charge is 0.0560 e. The highest BCUT2D eigenvalue weighted by atomic mass is 15.3. The maximum Gasteiger partial charge on any atom is 0.0560 e. The first-order valence-corrected chi connectivity index (χ1v) is 6.81. The van der Waals surface area contributed by atoms with Crippen molar-refractivity contribution in [1.82, 2.24) is 9.88 Å². The van der Waals surface area contributed by atoms with Gasteiger partial charge in [-0.1, -0.05) is 13.8 Å². The van der Waals surface area contributed by atoms with Gasteiger partial charge in [-0.3, -0.25) is 9.88 Å². The van der Waals surface area contributed by atoms with Crippen molar-refractivity contribution < 1.29 is 0 Å². The molecule has 0 radical (unpaired) electrons. The minimum absolute atomic E-state index is 0.515. The third-order valence-electron chi connectivity index (χ3n) is 3.37. The maximum absolute atomic E-state index is 5.64. The van der Waals surface area contributed by atoms with E-state index in [9.17, 15) is 0 Å². The van der Waals surface area contributed by atoms with Gasteiger partial charge in [0.2, 0.25) is 0 Å². The third kappa shape index (κ3) is 3.43. The van der Waals surface area contributed by atoms with E-state index in [1.807, 2.05) is 6.20 Å². The second-order valence-electron chi connectivity index (χ2n) is 5.39. The number of piperazine rings is 1. The van der Waals surface area contributed by atoms with Crippen molar-refractivity contribution in [2.24, 2.45) is 11.7 Å². The van der Waals surface area contributed by atoms with Gasteiger partial charge >= 0.3 is 0 Å². The number of nitrogens with two attached hydrogens (primary N) is 1. The van der Waals surface area contributed by atoms with Gasteiger partial charge in [0, 0.05) is 51.2 Å². The average Bonchev–Trinajstić information content (AvgIpc) is 2.39. The topological polar surface area (TPSA) is 45.4 Å². The van der Waals surface area contributed by atoms with Crippen molar-refractivity contribution in [2.45, 2.75) is 20.4 Å². The minimum atomic E-state index is 0.515. The van der Waals surface area contributed by atoms with Gasteiger partial charge in [-0.05, 0) is 18.1 Å². The molecule has 0 atom stereocenters. The summed E-state index contributed by atoms with van der Waals surface area (Å²) in [6.45, 7) is 10.8. The van der Waals surface area contributed by atoms with Gasteiger partial charge in [-0.2, -0.15) is 0 Å². The summed E-state index contributed by atoms with van der Waals surface area (Å²) in [5.41, 5.74) is 7.86. The first kappa shape index (κ1) is 13.3. The van der Waals surface area contributed by atoms with Crippen LogP contribution in [-0.4, -0.2) is 42.6 Å². The first-order chi connectivity index (χ1) is 8.69. The fourth-order valence-electron chi connectivity index (χ4n) is 2.48. The van der Waals surface area contributed by atoms with Crippen molar-refractivity contribution in [3.63, 3.8) is 0 Å². The molecular weight excluding hydrogens is 224 g/mol. The first-order valence-electron chi connectivity index (χ1n) is 6.81. The fourth-order valence-corrected chi connectivity index (χ4v) is 2.48. The molecule has 2 N–H and O–H groups in total. The Morgan fingerprint density at radius 3 is 2.61 bits per heavy atom. The van der Waals surface area contributed by atoms with E-state index in [2.05, 4.69) is 40.8 Å². The van der Waals surface area contributed by atoms with Crippen LogP contribution in [0.2, 0.25) is 0 Å². The molecule has 1 aromatic heterocycles. The third-order valence-corrected chi connectivity index (χ3v) is 3.37. The minimum Gasteiger partial charge on any atom is -0.369 e.